The van der Waals surface area contributed by atoms with Gasteiger partial charge in [-0.15, -0.1) is 0 Å². The summed E-state index contributed by atoms with van der Waals surface area (Å²) in [7, 11) is 1.58. The molecule has 8 heteroatoms. The van der Waals surface area contributed by atoms with Gasteiger partial charge in [0.05, 0.1) is 24.8 Å². The number of aryl methyl sites for hydroxylation is 1. The minimum absolute atomic E-state index is 0.0438. The molecule has 0 fully saturated rings. The van der Waals surface area contributed by atoms with Gasteiger partial charge in [0, 0.05) is 19.2 Å². The van der Waals surface area contributed by atoms with Gasteiger partial charge in [0.2, 0.25) is 0 Å². The first-order chi connectivity index (χ1) is 18.0. The Kier molecular flexibility index (Phi) is 8.44. The second-order valence-corrected chi connectivity index (χ2v) is 8.37. The van der Waals surface area contributed by atoms with Crippen LogP contribution in [0.4, 0.5) is 4.79 Å². The number of carbonyl (C=O) groups is 2. The van der Waals surface area contributed by atoms with Gasteiger partial charge in [-0.05, 0) is 35.7 Å². The summed E-state index contributed by atoms with van der Waals surface area (Å²) < 4.78 is 12.7. The summed E-state index contributed by atoms with van der Waals surface area (Å²) in [6, 6.07) is 24.4. The fourth-order valence-electron chi connectivity index (χ4n) is 3.70. The number of carbonyl (C=O) groups excluding carboxylic acids is 2. The highest BCUT2D eigenvalue weighted by Gasteiger charge is 2.17. The lowest BCUT2D eigenvalue weighted by Gasteiger charge is -2.13. The second kappa shape index (κ2) is 12.3. The summed E-state index contributed by atoms with van der Waals surface area (Å²) >= 11 is 0. The van der Waals surface area contributed by atoms with Gasteiger partial charge >= 0.3 is 6.09 Å². The molecular weight excluding hydrogens is 468 g/mol. The number of nitrogens with zero attached hydrogens (tertiary/aromatic N) is 3. The predicted octanol–water partition coefficient (Wildman–Crippen LogP) is 4.83. The Morgan fingerprint density at radius 1 is 0.946 bits per heavy atom. The molecule has 0 aliphatic rings. The second-order valence-electron chi connectivity index (χ2n) is 8.37. The normalized spacial score (nSPS) is 11.1. The maximum atomic E-state index is 13.1. The maximum absolute atomic E-state index is 13.1. The van der Waals surface area contributed by atoms with Gasteiger partial charge < -0.3 is 19.4 Å². The Bertz CT molecular complexity index is 1380. The highest BCUT2D eigenvalue weighted by atomic mass is 16.5. The number of hydrogen-bond acceptors (Lipinski definition) is 5. The molecule has 188 valence electrons. The Hall–Kier alpha value is -4.72. The third-order valence-electron chi connectivity index (χ3n) is 5.59. The molecule has 1 heterocycles. The van der Waals surface area contributed by atoms with Gasteiger partial charge in [0.25, 0.3) is 5.91 Å². The van der Waals surface area contributed by atoms with E-state index in [0.29, 0.717) is 12.3 Å². The first-order valence-electron chi connectivity index (χ1n) is 11.8. The molecule has 4 rings (SSSR count). The van der Waals surface area contributed by atoms with E-state index in [1.54, 1.807) is 13.4 Å². The predicted molar refractivity (Wildman–Crippen MR) is 141 cm³/mol. The van der Waals surface area contributed by atoms with E-state index in [1.165, 1.54) is 0 Å². The Morgan fingerprint density at radius 3 is 2.30 bits per heavy atom. The van der Waals surface area contributed by atoms with Crippen LogP contribution in [0.15, 0.2) is 96.4 Å². The van der Waals surface area contributed by atoms with Crippen LogP contribution in [0.25, 0.3) is 5.69 Å². The molecule has 1 aromatic heterocycles. The minimum atomic E-state index is -0.828. The van der Waals surface area contributed by atoms with Crippen molar-refractivity contribution in [2.75, 3.05) is 7.11 Å². The van der Waals surface area contributed by atoms with Gasteiger partial charge in [0.15, 0.2) is 0 Å². The molecule has 0 aliphatic carbocycles. The van der Waals surface area contributed by atoms with Crippen LogP contribution < -0.4 is 10.1 Å². The molecule has 3 aromatic carbocycles. The van der Waals surface area contributed by atoms with Crippen LogP contribution in [0.2, 0.25) is 0 Å². The van der Waals surface area contributed by atoms with Crippen LogP contribution in [0.3, 0.4) is 0 Å². The zero-order valence-corrected chi connectivity index (χ0v) is 20.8. The summed E-state index contributed by atoms with van der Waals surface area (Å²) in [4.78, 5) is 33.9. The Balaban J connectivity index is 1.54. The largest absolute Gasteiger partial charge is 0.495 e. The molecule has 0 bridgehead atoms. The number of hydrogen-bond donors (Lipinski definition) is 1. The van der Waals surface area contributed by atoms with Crippen molar-refractivity contribution >= 4 is 17.7 Å². The van der Waals surface area contributed by atoms with E-state index < -0.39 is 12.0 Å². The smallest absolute Gasteiger partial charge is 0.434 e. The quantitative estimate of drug-likeness (QED) is 0.335. The lowest BCUT2D eigenvalue weighted by atomic mass is 10.1. The van der Waals surface area contributed by atoms with Gasteiger partial charge in [0.1, 0.15) is 18.1 Å². The molecule has 1 N–H and O–H groups in total. The summed E-state index contributed by atoms with van der Waals surface area (Å²) in [5.41, 5.74) is 4.25. The van der Waals surface area contributed by atoms with Crippen molar-refractivity contribution in [3.63, 3.8) is 0 Å². The monoisotopic (exact) mass is 496 g/mol. The highest BCUT2D eigenvalue weighted by molar-refractivity contribution is 6.40. The van der Waals surface area contributed by atoms with Crippen molar-refractivity contribution in [2.24, 2.45) is 4.99 Å². The summed E-state index contributed by atoms with van der Waals surface area (Å²) in [5.74, 6) is 0.152. The van der Waals surface area contributed by atoms with Crippen molar-refractivity contribution in [3.05, 3.63) is 114 Å². The van der Waals surface area contributed by atoms with Crippen molar-refractivity contribution in [1.82, 2.24) is 14.9 Å². The van der Waals surface area contributed by atoms with Crippen molar-refractivity contribution < 1.29 is 19.1 Å². The maximum Gasteiger partial charge on any atom is 0.434 e. The number of imidazole rings is 1. The van der Waals surface area contributed by atoms with Crippen LogP contribution in [0.5, 0.6) is 5.75 Å². The minimum Gasteiger partial charge on any atom is -0.495 e. The van der Waals surface area contributed by atoms with Crippen LogP contribution in [0, 0.1) is 6.92 Å². The molecule has 8 nitrogen and oxygen atoms in total. The van der Waals surface area contributed by atoms with E-state index in [1.807, 2.05) is 96.6 Å². The molecule has 0 atom stereocenters. The van der Waals surface area contributed by atoms with E-state index in [9.17, 15) is 9.59 Å². The zero-order valence-electron chi connectivity index (χ0n) is 20.8. The molecule has 0 spiro atoms. The van der Waals surface area contributed by atoms with E-state index in [-0.39, 0.29) is 18.7 Å². The van der Waals surface area contributed by atoms with Gasteiger partial charge in [-0.25, -0.2) is 9.78 Å². The molecule has 0 aliphatic heterocycles. The van der Waals surface area contributed by atoms with Crippen molar-refractivity contribution in [1.29, 1.82) is 0 Å². The van der Waals surface area contributed by atoms with Gasteiger partial charge in [-0.3, -0.25) is 4.79 Å². The molecule has 2 amide bonds. The third-order valence-corrected chi connectivity index (χ3v) is 5.59. The summed E-state index contributed by atoms with van der Waals surface area (Å²) in [6.07, 6.45) is 2.89. The average Bonchev–Trinajstić information content (AvgIpc) is 3.37. The molecule has 4 aromatic rings. The molecule has 37 heavy (non-hydrogen) atoms. The Labute approximate surface area is 215 Å². The van der Waals surface area contributed by atoms with Crippen LogP contribution >= 0.6 is 0 Å². The first kappa shape index (κ1) is 25.4. The molecule has 0 saturated heterocycles. The fraction of sp³-hybridized carbons (Fsp3) is 0.172. The lowest BCUT2D eigenvalue weighted by molar-refractivity contribution is -0.115. The number of nitrogens with one attached hydrogen (secondary N) is 1. The third kappa shape index (κ3) is 7.14. The van der Waals surface area contributed by atoms with Crippen LogP contribution in [-0.2, 0) is 29.1 Å². The first-order valence-corrected chi connectivity index (χ1v) is 11.8. The Morgan fingerprint density at radius 2 is 1.65 bits per heavy atom. The van der Waals surface area contributed by atoms with E-state index in [2.05, 4.69) is 15.3 Å². The number of aromatic nitrogens is 2. The topological polar surface area (TPSA) is 94.8 Å². The summed E-state index contributed by atoms with van der Waals surface area (Å²) in [6.45, 7) is 2.28. The number of ether oxygens (including phenoxy) is 2. The number of aliphatic imine (C=N–C) groups is 1. The van der Waals surface area contributed by atoms with Gasteiger partial charge in [-0.1, -0.05) is 66.7 Å². The van der Waals surface area contributed by atoms with Crippen molar-refractivity contribution in [3.8, 4) is 11.4 Å². The molecule has 0 unspecified atom stereocenters. The lowest BCUT2D eigenvalue weighted by Crippen LogP contribution is -2.32. The van der Waals surface area contributed by atoms with E-state index in [0.717, 1.165) is 28.1 Å². The highest BCUT2D eigenvalue weighted by Crippen LogP contribution is 2.25. The molecule has 0 saturated carbocycles. The average molecular weight is 497 g/mol. The van der Waals surface area contributed by atoms with Crippen molar-refractivity contribution in [2.45, 2.75) is 26.5 Å². The number of rotatable bonds is 9. The SMILES string of the molecule is COc1cc(CC(=NC(=O)OCc2ccccc2)C(=O)NCc2ccccc2)ccc1-n1cnc(C)c1. The van der Waals surface area contributed by atoms with Crippen LogP contribution in [0.1, 0.15) is 22.4 Å². The number of benzene rings is 3. The van der Waals surface area contributed by atoms with E-state index >= 15 is 0 Å². The van der Waals surface area contributed by atoms with Gasteiger partial charge in [-0.2, -0.15) is 4.99 Å². The summed E-state index contributed by atoms with van der Waals surface area (Å²) in [5, 5.41) is 2.85. The number of methoxy groups -OCH3 is 1. The van der Waals surface area contributed by atoms with E-state index in [4.69, 9.17) is 9.47 Å². The standard InChI is InChI=1S/C29H28N4O4/c1-21-18-33(20-31-21)26-14-13-24(16-27(26)36-2)15-25(28(34)30-17-22-9-5-3-6-10-22)32-29(35)37-19-23-11-7-4-8-12-23/h3-14,16,18,20H,15,17,19H2,1-2H3,(H,30,34). The zero-order chi connectivity index (χ0) is 26.0. The van der Waals surface area contributed by atoms with Crippen LogP contribution in [-0.4, -0.2) is 34.4 Å². The molecule has 0 radical (unpaired) electrons. The number of amides is 2. The molecular formula is C29H28N4O4. The fourth-order valence-corrected chi connectivity index (χ4v) is 3.70.